The molecule has 2 saturated heterocycles. The molecule has 0 bridgehead atoms. The Kier molecular flexibility index (Phi) is 7.00. The van der Waals surface area contributed by atoms with Gasteiger partial charge in [0.2, 0.25) is 0 Å². The molecule has 9 nitrogen and oxygen atoms in total. The van der Waals surface area contributed by atoms with Gasteiger partial charge in [0, 0.05) is 63.2 Å². The SMILES string of the molecule is CC1CC(N2CC(CC#N)(n3cc(-c4ncnc5c4ccn5COCC[Si](C)(C)C)cn3)C2)CCN1. The normalized spacial score (nSPS) is 22.4. The highest BCUT2D eigenvalue weighted by molar-refractivity contribution is 6.76. The number of likely N-dealkylation sites (tertiary alicyclic amines) is 1. The lowest BCUT2D eigenvalue weighted by Gasteiger charge is -2.53. The number of nitrogens with zero attached hydrogens (tertiary/aromatic N) is 7. The highest BCUT2D eigenvalue weighted by atomic mass is 28.3. The molecule has 0 amide bonds. The number of nitrogens with one attached hydrogen (secondary N) is 1. The fourth-order valence-corrected chi connectivity index (χ4v) is 6.23. The van der Waals surface area contributed by atoms with Gasteiger partial charge in [-0.25, -0.2) is 9.97 Å². The van der Waals surface area contributed by atoms with Crippen molar-refractivity contribution in [1.82, 2.24) is 34.5 Å². The first-order valence-corrected chi connectivity index (χ1v) is 16.8. The number of piperidine rings is 1. The molecule has 5 heterocycles. The summed E-state index contributed by atoms with van der Waals surface area (Å²) in [6.45, 7) is 13.4. The summed E-state index contributed by atoms with van der Waals surface area (Å²) >= 11 is 0. The Balaban J connectivity index is 1.32. The van der Waals surface area contributed by atoms with Crippen LogP contribution < -0.4 is 5.32 Å². The molecule has 1 N–H and O–H groups in total. The van der Waals surface area contributed by atoms with Crippen molar-refractivity contribution in [3.8, 4) is 17.3 Å². The van der Waals surface area contributed by atoms with E-state index < -0.39 is 8.07 Å². The van der Waals surface area contributed by atoms with Gasteiger partial charge >= 0.3 is 0 Å². The molecular formula is C26H38N8OSi. The van der Waals surface area contributed by atoms with Gasteiger partial charge in [0.1, 0.15) is 24.2 Å². The van der Waals surface area contributed by atoms with Crippen LogP contribution in [0.3, 0.4) is 0 Å². The number of hydrogen-bond acceptors (Lipinski definition) is 7. The number of rotatable bonds is 9. The summed E-state index contributed by atoms with van der Waals surface area (Å²) in [6, 6.07) is 6.74. The second-order valence-corrected chi connectivity index (χ2v) is 17.4. The monoisotopic (exact) mass is 506 g/mol. The predicted octanol–water partition coefficient (Wildman–Crippen LogP) is 3.67. The Bertz CT molecular complexity index is 1230. The molecule has 0 aliphatic carbocycles. The zero-order valence-electron chi connectivity index (χ0n) is 21.9. The molecule has 10 heteroatoms. The van der Waals surface area contributed by atoms with Crippen LogP contribution in [0.25, 0.3) is 22.3 Å². The van der Waals surface area contributed by atoms with Crippen molar-refractivity contribution in [1.29, 1.82) is 5.26 Å². The van der Waals surface area contributed by atoms with Crippen LogP contribution in [0.1, 0.15) is 26.2 Å². The second-order valence-electron chi connectivity index (χ2n) is 11.8. The molecule has 3 aromatic heterocycles. The number of nitriles is 1. The summed E-state index contributed by atoms with van der Waals surface area (Å²) in [7, 11) is -1.12. The zero-order chi connectivity index (χ0) is 25.3. The molecule has 0 saturated carbocycles. The van der Waals surface area contributed by atoms with Crippen molar-refractivity contribution in [2.75, 3.05) is 26.2 Å². The minimum Gasteiger partial charge on any atom is -0.361 e. The predicted molar refractivity (Wildman–Crippen MR) is 143 cm³/mol. The smallest absolute Gasteiger partial charge is 0.145 e. The van der Waals surface area contributed by atoms with E-state index in [2.05, 4.69) is 65.1 Å². The van der Waals surface area contributed by atoms with E-state index in [1.165, 1.54) is 0 Å². The largest absolute Gasteiger partial charge is 0.361 e. The van der Waals surface area contributed by atoms with Crippen LogP contribution in [0.5, 0.6) is 0 Å². The van der Waals surface area contributed by atoms with Gasteiger partial charge in [-0.1, -0.05) is 19.6 Å². The standard InChI is InChI=1S/C26H38N8OSi/c1-20-13-22(5-9-28-20)33-16-26(17-33,7-8-27)34-15-21(14-31-34)24-23-6-10-32(25(23)30-18-29-24)19-35-11-12-36(2,3)4/h6,10,14-15,18,20,22,28H,5,7,9,11-13,16-17,19H2,1-4H3. The molecule has 2 aliphatic heterocycles. The number of aromatic nitrogens is 5. The molecule has 2 aliphatic rings. The highest BCUT2D eigenvalue weighted by Crippen LogP contribution is 2.37. The molecule has 36 heavy (non-hydrogen) atoms. The Morgan fingerprint density at radius 2 is 2.11 bits per heavy atom. The third kappa shape index (κ3) is 5.11. The maximum absolute atomic E-state index is 9.62. The molecule has 5 rings (SSSR count). The van der Waals surface area contributed by atoms with Crippen molar-refractivity contribution in [2.24, 2.45) is 0 Å². The third-order valence-electron chi connectivity index (χ3n) is 7.64. The summed E-state index contributed by atoms with van der Waals surface area (Å²) < 4.78 is 10.0. The lowest BCUT2D eigenvalue weighted by atomic mass is 9.83. The lowest BCUT2D eigenvalue weighted by Crippen LogP contribution is -2.66. The van der Waals surface area contributed by atoms with Gasteiger partial charge in [0.05, 0.1) is 24.4 Å². The van der Waals surface area contributed by atoms with E-state index in [1.807, 2.05) is 21.6 Å². The van der Waals surface area contributed by atoms with Gasteiger partial charge in [-0.3, -0.25) is 9.58 Å². The van der Waals surface area contributed by atoms with E-state index in [0.717, 1.165) is 67.4 Å². The van der Waals surface area contributed by atoms with Gasteiger partial charge < -0.3 is 14.6 Å². The second kappa shape index (κ2) is 10.1. The molecule has 3 aromatic rings. The first-order chi connectivity index (χ1) is 17.3. The molecule has 2 atom stereocenters. The van der Waals surface area contributed by atoms with Gasteiger partial charge in [0.25, 0.3) is 0 Å². The summed E-state index contributed by atoms with van der Waals surface area (Å²) in [6.07, 6.45) is 10.3. The third-order valence-corrected chi connectivity index (χ3v) is 9.34. The van der Waals surface area contributed by atoms with Gasteiger partial charge in [-0.05, 0) is 38.4 Å². The van der Waals surface area contributed by atoms with Crippen LogP contribution in [-0.2, 0) is 17.0 Å². The van der Waals surface area contributed by atoms with Crippen molar-refractivity contribution >= 4 is 19.1 Å². The Morgan fingerprint density at radius 3 is 2.86 bits per heavy atom. The number of hydrogen-bond donors (Lipinski definition) is 1. The topological polar surface area (TPSA) is 96.8 Å². The van der Waals surface area contributed by atoms with E-state index in [9.17, 15) is 5.26 Å². The Labute approximate surface area is 214 Å². The first kappa shape index (κ1) is 25.1. The summed E-state index contributed by atoms with van der Waals surface area (Å²) in [5.74, 6) is 0. The molecule has 0 aromatic carbocycles. The summed E-state index contributed by atoms with van der Waals surface area (Å²) in [4.78, 5) is 11.7. The number of fused-ring (bicyclic) bond motifs is 1. The van der Waals surface area contributed by atoms with E-state index in [0.29, 0.717) is 25.2 Å². The molecule has 0 radical (unpaired) electrons. The lowest BCUT2D eigenvalue weighted by molar-refractivity contribution is -0.0374. The maximum atomic E-state index is 9.62. The highest BCUT2D eigenvalue weighted by Gasteiger charge is 2.48. The van der Waals surface area contributed by atoms with Crippen LogP contribution in [0.4, 0.5) is 0 Å². The molecule has 2 unspecified atom stereocenters. The molecule has 192 valence electrons. The van der Waals surface area contributed by atoms with E-state index >= 15 is 0 Å². The van der Waals surface area contributed by atoms with Gasteiger partial charge in [-0.2, -0.15) is 10.4 Å². The Morgan fingerprint density at radius 1 is 1.28 bits per heavy atom. The van der Waals surface area contributed by atoms with E-state index in [1.54, 1.807) is 6.33 Å². The van der Waals surface area contributed by atoms with Crippen molar-refractivity contribution in [3.05, 3.63) is 31.0 Å². The zero-order valence-corrected chi connectivity index (χ0v) is 22.9. The first-order valence-electron chi connectivity index (χ1n) is 13.1. The number of ether oxygens (including phenoxy) is 1. The van der Waals surface area contributed by atoms with E-state index in [-0.39, 0.29) is 5.54 Å². The van der Waals surface area contributed by atoms with Gasteiger partial charge in [0.15, 0.2) is 0 Å². The van der Waals surface area contributed by atoms with Gasteiger partial charge in [-0.15, -0.1) is 0 Å². The quantitative estimate of drug-likeness (QED) is 0.349. The summed E-state index contributed by atoms with van der Waals surface area (Å²) in [5, 5.41) is 18.9. The van der Waals surface area contributed by atoms with Crippen molar-refractivity contribution < 1.29 is 4.74 Å². The maximum Gasteiger partial charge on any atom is 0.145 e. The van der Waals surface area contributed by atoms with Crippen LogP contribution in [0, 0.1) is 11.3 Å². The molecule has 0 spiro atoms. The van der Waals surface area contributed by atoms with Crippen LogP contribution in [-0.4, -0.2) is 75.6 Å². The Hall–Kier alpha value is -2.58. The fourth-order valence-electron chi connectivity index (χ4n) is 5.47. The molecule has 2 fully saturated rings. The molecular weight excluding hydrogens is 468 g/mol. The summed E-state index contributed by atoms with van der Waals surface area (Å²) in [5.41, 5.74) is 2.40. The average molecular weight is 507 g/mol. The average Bonchev–Trinajstić information content (AvgIpc) is 3.46. The minimum atomic E-state index is -1.12. The fraction of sp³-hybridized carbons (Fsp3) is 0.615. The van der Waals surface area contributed by atoms with E-state index in [4.69, 9.17) is 9.84 Å². The van der Waals surface area contributed by atoms with Crippen LogP contribution in [0.15, 0.2) is 31.0 Å². The van der Waals surface area contributed by atoms with Crippen LogP contribution in [0.2, 0.25) is 25.7 Å². The van der Waals surface area contributed by atoms with Crippen LogP contribution >= 0.6 is 0 Å². The van der Waals surface area contributed by atoms with Crippen molar-refractivity contribution in [3.63, 3.8) is 0 Å². The van der Waals surface area contributed by atoms with Crippen molar-refractivity contribution in [2.45, 2.75) is 76.2 Å². The minimum absolute atomic E-state index is 0.274.